The van der Waals surface area contributed by atoms with Gasteiger partial charge in [0.1, 0.15) is 5.75 Å². The lowest BCUT2D eigenvalue weighted by atomic mass is 9.78. The summed E-state index contributed by atoms with van der Waals surface area (Å²) >= 11 is 3.65. The van der Waals surface area contributed by atoms with Crippen molar-refractivity contribution in [2.24, 2.45) is 17.6 Å². The molecule has 1 heterocycles. The van der Waals surface area contributed by atoms with Crippen LogP contribution < -0.4 is 10.5 Å². The van der Waals surface area contributed by atoms with Gasteiger partial charge in [-0.1, -0.05) is 22.4 Å². The van der Waals surface area contributed by atoms with Crippen molar-refractivity contribution in [2.45, 2.75) is 31.8 Å². The highest BCUT2D eigenvalue weighted by Gasteiger charge is 2.38. The van der Waals surface area contributed by atoms with Gasteiger partial charge < -0.3 is 10.5 Å². The average molecular weight is 376 g/mol. The molecule has 3 rings (SSSR count). The maximum absolute atomic E-state index is 6.30. The summed E-state index contributed by atoms with van der Waals surface area (Å²) in [6.07, 6.45) is 3.87. The van der Waals surface area contributed by atoms with Crippen LogP contribution in [0.4, 0.5) is 0 Å². The number of rotatable bonds is 3. The number of halogens is 2. The maximum Gasteiger partial charge on any atom is 0.119 e. The third-order valence-corrected chi connectivity index (χ3v) is 5.65. The summed E-state index contributed by atoms with van der Waals surface area (Å²) in [5, 5.41) is 0. The van der Waals surface area contributed by atoms with Crippen molar-refractivity contribution in [1.82, 2.24) is 4.90 Å². The van der Waals surface area contributed by atoms with Crippen LogP contribution in [0, 0.1) is 11.8 Å². The third-order valence-electron chi connectivity index (χ3n) is 4.88. The van der Waals surface area contributed by atoms with Gasteiger partial charge in [0.25, 0.3) is 0 Å². The van der Waals surface area contributed by atoms with Gasteiger partial charge in [-0.3, -0.25) is 4.90 Å². The second-order valence-corrected chi connectivity index (χ2v) is 7.02. The van der Waals surface area contributed by atoms with E-state index in [9.17, 15) is 0 Å². The van der Waals surface area contributed by atoms with Gasteiger partial charge in [0.15, 0.2) is 0 Å². The third kappa shape index (κ3) is 3.73. The Morgan fingerprint density at radius 2 is 2.14 bits per heavy atom. The second kappa shape index (κ2) is 7.32. The van der Waals surface area contributed by atoms with Gasteiger partial charge in [-0.05, 0) is 48.4 Å². The Labute approximate surface area is 141 Å². The Morgan fingerprint density at radius 1 is 1.33 bits per heavy atom. The first kappa shape index (κ1) is 17.1. The molecule has 1 aliphatic heterocycles. The van der Waals surface area contributed by atoms with Gasteiger partial charge in [0.05, 0.1) is 7.11 Å². The lowest BCUT2D eigenvalue weighted by molar-refractivity contribution is 0.259. The standard InChI is InChI=1S/C16H23BrN2O.ClH/c1-20-13-5-6-15(17)12(7-13)9-19-8-11-3-2-4-16(18)14(11)10-19;/h5-7,11,14,16H,2-4,8-10,18H2,1H3;1H. The zero-order valence-electron chi connectivity index (χ0n) is 12.4. The molecule has 1 aromatic carbocycles. The number of nitrogens with two attached hydrogens (primary N) is 1. The molecule has 21 heavy (non-hydrogen) atoms. The van der Waals surface area contributed by atoms with Crippen LogP contribution in [0.15, 0.2) is 22.7 Å². The van der Waals surface area contributed by atoms with E-state index in [1.54, 1.807) is 7.11 Å². The van der Waals surface area contributed by atoms with E-state index in [1.807, 2.05) is 6.07 Å². The van der Waals surface area contributed by atoms with Crippen LogP contribution in [0.25, 0.3) is 0 Å². The smallest absolute Gasteiger partial charge is 0.119 e. The predicted octanol–water partition coefficient (Wildman–Crippen LogP) is 3.44. The van der Waals surface area contributed by atoms with Gasteiger partial charge in [-0.25, -0.2) is 0 Å². The van der Waals surface area contributed by atoms with E-state index in [4.69, 9.17) is 10.5 Å². The van der Waals surface area contributed by atoms with Gasteiger partial charge in [0, 0.05) is 30.1 Å². The first-order chi connectivity index (χ1) is 9.67. The zero-order valence-corrected chi connectivity index (χ0v) is 14.8. The molecule has 1 aromatic rings. The van der Waals surface area contributed by atoms with Crippen LogP contribution in [0.3, 0.4) is 0 Å². The van der Waals surface area contributed by atoms with E-state index in [-0.39, 0.29) is 12.4 Å². The molecule has 1 aliphatic carbocycles. The molecule has 0 radical (unpaired) electrons. The summed E-state index contributed by atoms with van der Waals surface area (Å²) in [5.41, 5.74) is 7.60. The van der Waals surface area contributed by atoms with Crippen LogP contribution in [0.5, 0.6) is 5.75 Å². The molecule has 0 aromatic heterocycles. The first-order valence-electron chi connectivity index (χ1n) is 7.47. The Hall–Kier alpha value is -0.290. The summed E-state index contributed by atoms with van der Waals surface area (Å²) in [7, 11) is 1.72. The molecule has 1 saturated carbocycles. The molecular formula is C16H24BrClN2O. The molecule has 2 fully saturated rings. The molecule has 118 valence electrons. The zero-order chi connectivity index (χ0) is 14.1. The van der Waals surface area contributed by atoms with Gasteiger partial charge in [-0.2, -0.15) is 0 Å². The van der Waals surface area contributed by atoms with Crippen molar-refractivity contribution in [1.29, 1.82) is 0 Å². The number of methoxy groups -OCH3 is 1. The van der Waals surface area contributed by atoms with E-state index >= 15 is 0 Å². The maximum atomic E-state index is 6.30. The fourth-order valence-electron chi connectivity index (χ4n) is 3.78. The summed E-state index contributed by atoms with van der Waals surface area (Å²) in [6.45, 7) is 3.33. The summed E-state index contributed by atoms with van der Waals surface area (Å²) < 4.78 is 6.49. The summed E-state index contributed by atoms with van der Waals surface area (Å²) in [6, 6.07) is 6.61. The Bertz CT molecular complexity index is 485. The molecule has 1 saturated heterocycles. The number of likely N-dealkylation sites (tertiary alicyclic amines) is 1. The number of nitrogens with zero attached hydrogens (tertiary/aromatic N) is 1. The first-order valence-corrected chi connectivity index (χ1v) is 8.27. The van der Waals surface area contributed by atoms with Crippen LogP contribution in [-0.2, 0) is 6.54 Å². The van der Waals surface area contributed by atoms with Gasteiger partial charge in [-0.15, -0.1) is 12.4 Å². The molecule has 3 unspecified atom stereocenters. The minimum absolute atomic E-state index is 0. The van der Waals surface area contributed by atoms with Crippen molar-refractivity contribution in [2.75, 3.05) is 20.2 Å². The van der Waals surface area contributed by atoms with Crippen LogP contribution in [0.1, 0.15) is 24.8 Å². The van der Waals surface area contributed by atoms with Gasteiger partial charge in [0.2, 0.25) is 0 Å². The number of ether oxygens (including phenoxy) is 1. The molecule has 0 bridgehead atoms. The topological polar surface area (TPSA) is 38.5 Å². The molecule has 0 spiro atoms. The Morgan fingerprint density at radius 3 is 2.86 bits per heavy atom. The van der Waals surface area contributed by atoms with Crippen molar-refractivity contribution in [3.05, 3.63) is 28.2 Å². The lowest BCUT2D eigenvalue weighted by Crippen LogP contribution is -2.38. The molecule has 5 heteroatoms. The fourth-order valence-corrected chi connectivity index (χ4v) is 4.15. The van der Waals surface area contributed by atoms with Crippen LogP contribution in [-0.4, -0.2) is 31.1 Å². The van der Waals surface area contributed by atoms with E-state index in [1.165, 1.54) is 31.4 Å². The largest absolute Gasteiger partial charge is 0.497 e. The monoisotopic (exact) mass is 374 g/mol. The SMILES string of the molecule is COc1ccc(Br)c(CN2CC3CCCC(N)C3C2)c1.Cl. The highest BCUT2D eigenvalue weighted by Crippen LogP contribution is 2.36. The highest BCUT2D eigenvalue weighted by atomic mass is 79.9. The molecule has 0 amide bonds. The van der Waals surface area contributed by atoms with E-state index in [2.05, 4.69) is 33.0 Å². The van der Waals surface area contributed by atoms with Crippen LogP contribution >= 0.6 is 28.3 Å². The van der Waals surface area contributed by atoms with Gasteiger partial charge >= 0.3 is 0 Å². The molecule has 3 atom stereocenters. The van der Waals surface area contributed by atoms with E-state index < -0.39 is 0 Å². The molecule has 2 aliphatic rings. The quantitative estimate of drug-likeness (QED) is 0.879. The van der Waals surface area contributed by atoms with Crippen molar-refractivity contribution in [3.8, 4) is 5.75 Å². The molecule has 3 nitrogen and oxygen atoms in total. The molecule has 2 N–H and O–H groups in total. The minimum atomic E-state index is 0. The minimum Gasteiger partial charge on any atom is -0.497 e. The van der Waals surface area contributed by atoms with E-state index in [0.29, 0.717) is 12.0 Å². The highest BCUT2D eigenvalue weighted by molar-refractivity contribution is 9.10. The Balaban J connectivity index is 0.00000161. The summed E-state index contributed by atoms with van der Waals surface area (Å²) in [5.74, 6) is 2.44. The van der Waals surface area contributed by atoms with Crippen LogP contribution in [0.2, 0.25) is 0 Å². The molecular weight excluding hydrogens is 352 g/mol. The Kier molecular flexibility index (Phi) is 5.95. The lowest BCUT2D eigenvalue weighted by Gasteiger charge is -2.29. The van der Waals surface area contributed by atoms with Crippen molar-refractivity contribution in [3.63, 3.8) is 0 Å². The predicted molar refractivity (Wildman–Crippen MR) is 92.0 cm³/mol. The number of hydrogen-bond donors (Lipinski definition) is 1. The van der Waals surface area contributed by atoms with E-state index in [0.717, 1.165) is 29.2 Å². The average Bonchev–Trinajstić information content (AvgIpc) is 2.85. The number of hydrogen-bond acceptors (Lipinski definition) is 3. The second-order valence-electron chi connectivity index (χ2n) is 6.17. The number of fused-ring (bicyclic) bond motifs is 1. The fraction of sp³-hybridized carbons (Fsp3) is 0.625. The normalized spacial score (nSPS) is 28.8. The van der Waals surface area contributed by atoms with Crippen molar-refractivity contribution >= 4 is 28.3 Å². The summed E-state index contributed by atoms with van der Waals surface area (Å²) in [4.78, 5) is 2.56. The van der Waals surface area contributed by atoms with Crippen molar-refractivity contribution < 1.29 is 4.74 Å². The number of benzene rings is 1.